The fourth-order valence-electron chi connectivity index (χ4n) is 1.58. The van der Waals surface area contributed by atoms with E-state index in [1.807, 2.05) is 32.9 Å². The Morgan fingerprint density at radius 3 is 2.69 bits per heavy atom. The summed E-state index contributed by atoms with van der Waals surface area (Å²) < 4.78 is 5.69. The molecule has 1 heterocycles. The first-order valence-corrected chi connectivity index (χ1v) is 5.54. The number of imidazole rings is 1. The molecule has 0 atom stereocenters. The Labute approximate surface area is 95.8 Å². The third-order valence-corrected chi connectivity index (χ3v) is 2.41. The zero-order valence-corrected chi connectivity index (χ0v) is 10.3. The van der Waals surface area contributed by atoms with Gasteiger partial charge in [0, 0.05) is 0 Å². The first-order chi connectivity index (χ1) is 7.46. The second-order valence-electron chi connectivity index (χ2n) is 5.06. The van der Waals surface area contributed by atoms with Crippen molar-refractivity contribution >= 4 is 11.0 Å². The number of nitrogens with one attached hydrogen (secondary N) is 1. The molecule has 1 aromatic heterocycles. The number of ether oxygens (including phenoxy) is 1. The fourth-order valence-corrected chi connectivity index (χ4v) is 1.58. The zero-order valence-electron chi connectivity index (χ0n) is 10.3. The molecule has 0 spiro atoms. The average Bonchev–Trinajstić information content (AvgIpc) is 2.58. The molecule has 0 radical (unpaired) electrons. The molecule has 2 aromatic rings. The molecule has 2 rings (SSSR count). The van der Waals surface area contributed by atoms with Crippen LogP contribution in [0.15, 0.2) is 18.2 Å². The molecule has 0 bridgehead atoms. The quantitative estimate of drug-likeness (QED) is 0.840. The largest absolute Gasteiger partial charge is 0.368 e. The van der Waals surface area contributed by atoms with Crippen LogP contribution in [-0.2, 0) is 11.3 Å². The minimum absolute atomic E-state index is 0.131. The van der Waals surface area contributed by atoms with Crippen molar-refractivity contribution in [3.63, 3.8) is 0 Å². The number of rotatable bonds is 2. The average molecular weight is 218 g/mol. The number of hydrogen-bond acceptors (Lipinski definition) is 2. The molecule has 0 amide bonds. The minimum atomic E-state index is -0.131. The van der Waals surface area contributed by atoms with Crippen LogP contribution in [0.4, 0.5) is 0 Å². The second kappa shape index (κ2) is 3.91. The Hall–Kier alpha value is -1.35. The molecule has 0 saturated heterocycles. The van der Waals surface area contributed by atoms with Gasteiger partial charge in [-0.05, 0) is 39.3 Å². The Morgan fingerprint density at radius 1 is 1.31 bits per heavy atom. The van der Waals surface area contributed by atoms with Crippen molar-refractivity contribution in [3.05, 3.63) is 29.6 Å². The number of aromatic amines is 1. The van der Waals surface area contributed by atoms with Gasteiger partial charge in [-0.25, -0.2) is 4.98 Å². The van der Waals surface area contributed by atoms with Crippen molar-refractivity contribution in [2.24, 2.45) is 0 Å². The lowest BCUT2D eigenvalue weighted by molar-refractivity contribution is -0.0177. The van der Waals surface area contributed by atoms with E-state index in [0.29, 0.717) is 6.61 Å². The normalized spacial score (nSPS) is 12.2. The molecule has 0 unspecified atom stereocenters. The van der Waals surface area contributed by atoms with Crippen LogP contribution in [-0.4, -0.2) is 15.6 Å². The predicted molar refractivity (Wildman–Crippen MR) is 65.4 cm³/mol. The highest BCUT2D eigenvalue weighted by atomic mass is 16.5. The van der Waals surface area contributed by atoms with E-state index in [1.54, 1.807) is 0 Å². The second-order valence-corrected chi connectivity index (χ2v) is 5.06. The lowest BCUT2D eigenvalue weighted by Gasteiger charge is -2.18. The van der Waals surface area contributed by atoms with Crippen molar-refractivity contribution in [2.45, 2.75) is 39.9 Å². The van der Waals surface area contributed by atoms with Crippen LogP contribution in [0.25, 0.3) is 11.0 Å². The molecule has 86 valence electrons. The van der Waals surface area contributed by atoms with E-state index in [-0.39, 0.29) is 5.60 Å². The van der Waals surface area contributed by atoms with E-state index in [2.05, 4.69) is 23.0 Å². The van der Waals surface area contributed by atoms with Crippen LogP contribution in [0.5, 0.6) is 0 Å². The van der Waals surface area contributed by atoms with Crippen LogP contribution in [0, 0.1) is 6.92 Å². The fraction of sp³-hybridized carbons (Fsp3) is 0.462. The molecule has 0 aliphatic carbocycles. The number of aryl methyl sites for hydroxylation is 1. The molecule has 3 heteroatoms. The van der Waals surface area contributed by atoms with Crippen molar-refractivity contribution in [3.8, 4) is 0 Å². The van der Waals surface area contributed by atoms with E-state index in [9.17, 15) is 0 Å². The maximum Gasteiger partial charge on any atom is 0.133 e. The Kier molecular flexibility index (Phi) is 2.72. The van der Waals surface area contributed by atoms with Gasteiger partial charge in [0.1, 0.15) is 12.4 Å². The lowest BCUT2D eigenvalue weighted by Crippen LogP contribution is -2.19. The van der Waals surface area contributed by atoms with Crippen LogP contribution in [0.1, 0.15) is 32.2 Å². The maximum atomic E-state index is 5.69. The maximum absolute atomic E-state index is 5.69. The Balaban J connectivity index is 2.24. The van der Waals surface area contributed by atoms with Gasteiger partial charge in [-0.1, -0.05) is 12.1 Å². The van der Waals surface area contributed by atoms with Crippen LogP contribution in [0.2, 0.25) is 0 Å². The van der Waals surface area contributed by atoms with Crippen LogP contribution < -0.4 is 0 Å². The third-order valence-electron chi connectivity index (χ3n) is 2.41. The van der Waals surface area contributed by atoms with E-state index in [0.717, 1.165) is 16.9 Å². The first kappa shape index (κ1) is 11.1. The topological polar surface area (TPSA) is 37.9 Å². The zero-order chi connectivity index (χ0) is 11.8. The standard InChI is InChI=1S/C13H18N2O/c1-9-6-5-7-10-12(9)15-11(14-10)8-16-13(2,3)4/h5-7H,8H2,1-4H3,(H,14,15). The van der Waals surface area contributed by atoms with Gasteiger partial charge in [0.05, 0.1) is 16.6 Å². The SMILES string of the molecule is Cc1cccc2[nH]c(COC(C)(C)C)nc12. The number of hydrogen-bond donors (Lipinski definition) is 1. The number of fused-ring (bicyclic) bond motifs is 1. The summed E-state index contributed by atoms with van der Waals surface area (Å²) in [6, 6.07) is 6.14. The first-order valence-electron chi connectivity index (χ1n) is 5.54. The summed E-state index contributed by atoms with van der Waals surface area (Å²) in [5.41, 5.74) is 3.17. The summed E-state index contributed by atoms with van der Waals surface area (Å²) in [5, 5.41) is 0. The summed E-state index contributed by atoms with van der Waals surface area (Å²) >= 11 is 0. The van der Waals surface area contributed by atoms with Crippen LogP contribution in [0.3, 0.4) is 0 Å². The van der Waals surface area contributed by atoms with Crippen molar-refractivity contribution < 1.29 is 4.74 Å². The molecule has 16 heavy (non-hydrogen) atoms. The van der Waals surface area contributed by atoms with E-state index >= 15 is 0 Å². The summed E-state index contributed by atoms with van der Waals surface area (Å²) in [5.74, 6) is 0.888. The van der Waals surface area contributed by atoms with Gasteiger partial charge in [0.15, 0.2) is 0 Å². The molecule has 0 saturated carbocycles. The number of para-hydroxylation sites is 1. The molecule has 0 aliphatic rings. The Morgan fingerprint density at radius 2 is 2.06 bits per heavy atom. The number of aromatic nitrogens is 2. The summed E-state index contributed by atoms with van der Waals surface area (Å²) in [6.45, 7) is 8.72. The Bertz CT molecular complexity index is 494. The number of benzene rings is 1. The summed E-state index contributed by atoms with van der Waals surface area (Å²) in [7, 11) is 0. The smallest absolute Gasteiger partial charge is 0.133 e. The van der Waals surface area contributed by atoms with Crippen molar-refractivity contribution in [2.75, 3.05) is 0 Å². The highest BCUT2D eigenvalue weighted by Crippen LogP contribution is 2.17. The molecule has 0 fully saturated rings. The summed E-state index contributed by atoms with van der Waals surface area (Å²) in [6.07, 6.45) is 0. The van der Waals surface area contributed by atoms with Gasteiger partial charge in [-0.3, -0.25) is 0 Å². The lowest BCUT2D eigenvalue weighted by atomic mass is 10.2. The van der Waals surface area contributed by atoms with E-state index in [1.165, 1.54) is 5.56 Å². The molecular weight excluding hydrogens is 200 g/mol. The van der Waals surface area contributed by atoms with Crippen molar-refractivity contribution in [1.29, 1.82) is 0 Å². The van der Waals surface area contributed by atoms with Crippen LogP contribution >= 0.6 is 0 Å². The minimum Gasteiger partial charge on any atom is -0.368 e. The highest BCUT2D eigenvalue weighted by Gasteiger charge is 2.12. The van der Waals surface area contributed by atoms with Gasteiger partial charge < -0.3 is 9.72 Å². The molecular formula is C13H18N2O. The summed E-state index contributed by atoms with van der Waals surface area (Å²) in [4.78, 5) is 7.81. The third kappa shape index (κ3) is 2.42. The van der Waals surface area contributed by atoms with Gasteiger partial charge in [0.2, 0.25) is 0 Å². The van der Waals surface area contributed by atoms with E-state index < -0.39 is 0 Å². The predicted octanol–water partition coefficient (Wildman–Crippen LogP) is 3.19. The molecule has 3 nitrogen and oxygen atoms in total. The molecule has 1 aromatic carbocycles. The monoisotopic (exact) mass is 218 g/mol. The van der Waals surface area contributed by atoms with Gasteiger partial charge >= 0.3 is 0 Å². The molecule has 0 aliphatic heterocycles. The number of H-pyrrole nitrogens is 1. The van der Waals surface area contributed by atoms with E-state index in [4.69, 9.17) is 4.74 Å². The number of nitrogens with zero attached hydrogens (tertiary/aromatic N) is 1. The highest BCUT2D eigenvalue weighted by molar-refractivity contribution is 5.78. The van der Waals surface area contributed by atoms with Gasteiger partial charge in [-0.15, -0.1) is 0 Å². The van der Waals surface area contributed by atoms with Crippen molar-refractivity contribution in [1.82, 2.24) is 9.97 Å². The molecule has 1 N–H and O–H groups in total. The van der Waals surface area contributed by atoms with Gasteiger partial charge in [0.25, 0.3) is 0 Å². The van der Waals surface area contributed by atoms with Gasteiger partial charge in [-0.2, -0.15) is 0 Å².